The first-order chi connectivity index (χ1) is 8.61. The Morgan fingerprint density at radius 3 is 2.28 bits per heavy atom. The SMILES string of the molecule is COc1ccc(C(=O)c2ccc(Cl)cc2)cc1F. The van der Waals surface area contributed by atoms with Gasteiger partial charge in [-0.05, 0) is 42.5 Å². The highest BCUT2D eigenvalue weighted by molar-refractivity contribution is 6.30. The van der Waals surface area contributed by atoms with Crippen LogP contribution < -0.4 is 4.74 Å². The van der Waals surface area contributed by atoms with Gasteiger partial charge in [0.25, 0.3) is 0 Å². The van der Waals surface area contributed by atoms with E-state index < -0.39 is 5.82 Å². The Labute approximate surface area is 109 Å². The van der Waals surface area contributed by atoms with Crippen molar-refractivity contribution in [2.45, 2.75) is 0 Å². The van der Waals surface area contributed by atoms with Crippen LogP contribution in [0.15, 0.2) is 42.5 Å². The second kappa shape index (κ2) is 5.19. The van der Waals surface area contributed by atoms with Gasteiger partial charge < -0.3 is 4.74 Å². The molecule has 0 amide bonds. The Morgan fingerprint density at radius 1 is 1.11 bits per heavy atom. The number of ketones is 1. The molecule has 92 valence electrons. The lowest BCUT2D eigenvalue weighted by Crippen LogP contribution is -2.02. The summed E-state index contributed by atoms with van der Waals surface area (Å²) in [6.07, 6.45) is 0. The second-order valence-electron chi connectivity index (χ2n) is 3.69. The lowest BCUT2D eigenvalue weighted by molar-refractivity contribution is 0.103. The Kier molecular flexibility index (Phi) is 3.63. The third-order valence-electron chi connectivity index (χ3n) is 2.52. The van der Waals surface area contributed by atoms with Gasteiger partial charge in [0.05, 0.1) is 7.11 Å². The van der Waals surface area contributed by atoms with Crippen molar-refractivity contribution in [3.05, 3.63) is 64.4 Å². The molecular weight excluding hydrogens is 255 g/mol. The third-order valence-corrected chi connectivity index (χ3v) is 2.77. The molecule has 2 aromatic rings. The van der Waals surface area contributed by atoms with Gasteiger partial charge in [-0.25, -0.2) is 4.39 Å². The van der Waals surface area contributed by atoms with E-state index >= 15 is 0 Å². The van der Waals surface area contributed by atoms with Crippen LogP contribution >= 0.6 is 11.6 Å². The molecular formula is C14H10ClFO2. The minimum atomic E-state index is -0.558. The van der Waals surface area contributed by atoms with Crippen molar-refractivity contribution in [3.63, 3.8) is 0 Å². The first-order valence-corrected chi connectivity index (χ1v) is 5.63. The summed E-state index contributed by atoms with van der Waals surface area (Å²) in [6.45, 7) is 0. The van der Waals surface area contributed by atoms with Gasteiger partial charge >= 0.3 is 0 Å². The van der Waals surface area contributed by atoms with E-state index in [1.54, 1.807) is 24.3 Å². The molecule has 0 aliphatic carbocycles. The molecule has 0 heterocycles. The summed E-state index contributed by atoms with van der Waals surface area (Å²) >= 11 is 5.74. The maximum Gasteiger partial charge on any atom is 0.193 e. The largest absolute Gasteiger partial charge is 0.494 e. The van der Waals surface area contributed by atoms with Gasteiger partial charge in [0, 0.05) is 16.1 Å². The highest BCUT2D eigenvalue weighted by atomic mass is 35.5. The molecule has 0 atom stereocenters. The van der Waals surface area contributed by atoms with Crippen LogP contribution in [0.5, 0.6) is 5.75 Å². The summed E-state index contributed by atoms with van der Waals surface area (Å²) in [4.78, 5) is 12.1. The average molecular weight is 265 g/mol. The van der Waals surface area contributed by atoms with Crippen LogP contribution in [-0.4, -0.2) is 12.9 Å². The quantitative estimate of drug-likeness (QED) is 0.790. The highest BCUT2D eigenvalue weighted by Crippen LogP contribution is 2.20. The summed E-state index contributed by atoms with van der Waals surface area (Å²) < 4.78 is 18.3. The normalized spacial score (nSPS) is 10.2. The van der Waals surface area contributed by atoms with Crippen LogP contribution in [-0.2, 0) is 0 Å². The highest BCUT2D eigenvalue weighted by Gasteiger charge is 2.12. The first-order valence-electron chi connectivity index (χ1n) is 5.25. The zero-order valence-electron chi connectivity index (χ0n) is 9.61. The number of hydrogen-bond acceptors (Lipinski definition) is 2. The summed E-state index contributed by atoms with van der Waals surface area (Å²) in [7, 11) is 1.37. The topological polar surface area (TPSA) is 26.3 Å². The molecule has 0 fully saturated rings. The van der Waals surface area contributed by atoms with Gasteiger partial charge in [0.15, 0.2) is 17.3 Å². The number of carbonyl (C=O) groups excluding carboxylic acids is 1. The van der Waals surface area contributed by atoms with Crippen molar-refractivity contribution in [1.29, 1.82) is 0 Å². The average Bonchev–Trinajstić information content (AvgIpc) is 2.38. The van der Waals surface area contributed by atoms with E-state index in [9.17, 15) is 9.18 Å². The van der Waals surface area contributed by atoms with Gasteiger partial charge in [-0.2, -0.15) is 0 Å². The molecule has 0 radical (unpaired) electrons. The lowest BCUT2D eigenvalue weighted by atomic mass is 10.0. The number of halogens is 2. The van der Waals surface area contributed by atoms with Crippen molar-refractivity contribution in [2.75, 3.05) is 7.11 Å². The summed E-state index contributed by atoms with van der Waals surface area (Å²) in [6, 6.07) is 10.6. The number of hydrogen-bond donors (Lipinski definition) is 0. The summed E-state index contributed by atoms with van der Waals surface area (Å²) in [5, 5.41) is 0.549. The van der Waals surface area contributed by atoms with Crippen LogP contribution in [0.2, 0.25) is 5.02 Å². The fraction of sp³-hybridized carbons (Fsp3) is 0.0714. The fourth-order valence-electron chi connectivity index (χ4n) is 1.58. The minimum Gasteiger partial charge on any atom is -0.494 e. The smallest absolute Gasteiger partial charge is 0.193 e. The molecule has 0 aliphatic heterocycles. The van der Waals surface area contributed by atoms with Crippen LogP contribution in [0.25, 0.3) is 0 Å². The Balaban J connectivity index is 2.34. The van der Waals surface area contributed by atoms with Crippen molar-refractivity contribution in [2.24, 2.45) is 0 Å². The molecule has 2 aromatic carbocycles. The molecule has 2 nitrogen and oxygen atoms in total. The number of carbonyl (C=O) groups is 1. The van der Waals surface area contributed by atoms with Gasteiger partial charge in [0.1, 0.15) is 0 Å². The van der Waals surface area contributed by atoms with Crippen molar-refractivity contribution in [3.8, 4) is 5.75 Å². The molecule has 0 aliphatic rings. The predicted octanol–water partition coefficient (Wildman–Crippen LogP) is 3.72. The maximum absolute atomic E-state index is 13.5. The van der Waals surface area contributed by atoms with Crippen LogP contribution in [0.1, 0.15) is 15.9 Å². The van der Waals surface area contributed by atoms with Gasteiger partial charge in [0.2, 0.25) is 0 Å². The maximum atomic E-state index is 13.5. The van der Waals surface area contributed by atoms with E-state index in [1.165, 1.54) is 19.2 Å². The van der Waals surface area contributed by atoms with Gasteiger partial charge in [-0.3, -0.25) is 4.79 Å². The zero-order chi connectivity index (χ0) is 13.1. The zero-order valence-corrected chi connectivity index (χ0v) is 10.4. The Morgan fingerprint density at radius 2 is 1.72 bits per heavy atom. The Bertz CT molecular complexity index is 579. The van der Waals surface area contributed by atoms with E-state index in [2.05, 4.69) is 0 Å². The molecule has 18 heavy (non-hydrogen) atoms. The predicted molar refractivity (Wildman–Crippen MR) is 67.8 cm³/mol. The number of ether oxygens (including phenoxy) is 1. The first kappa shape index (κ1) is 12.6. The number of rotatable bonds is 3. The molecule has 0 aromatic heterocycles. The monoisotopic (exact) mass is 264 g/mol. The van der Waals surface area contributed by atoms with Crippen LogP contribution in [0.4, 0.5) is 4.39 Å². The Hall–Kier alpha value is -1.87. The summed E-state index contributed by atoms with van der Waals surface area (Å²) in [5.41, 5.74) is 0.736. The van der Waals surface area contributed by atoms with Crippen molar-refractivity contribution >= 4 is 17.4 Å². The van der Waals surface area contributed by atoms with Gasteiger partial charge in [-0.15, -0.1) is 0 Å². The van der Waals surface area contributed by atoms with Crippen LogP contribution in [0.3, 0.4) is 0 Å². The van der Waals surface area contributed by atoms with Gasteiger partial charge in [-0.1, -0.05) is 11.6 Å². The molecule has 0 saturated heterocycles. The number of benzene rings is 2. The number of methoxy groups -OCH3 is 1. The third kappa shape index (κ3) is 2.51. The second-order valence-corrected chi connectivity index (χ2v) is 4.12. The molecule has 0 bridgehead atoms. The molecule has 0 unspecified atom stereocenters. The van der Waals surface area contributed by atoms with E-state index in [0.717, 1.165) is 6.07 Å². The fourth-order valence-corrected chi connectivity index (χ4v) is 1.70. The van der Waals surface area contributed by atoms with Crippen molar-refractivity contribution in [1.82, 2.24) is 0 Å². The van der Waals surface area contributed by atoms with E-state index in [-0.39, 0.29) is 17.1 Å². The molecule has 4 heteroatoms. The minimum absolute atomic E-state index is 0.114. The van der Waals surface area contributed by atoms with E-state index in [1.807, 2.05) is 0 Å². The molecule has 0 saturated carbocycles. The molecule has 0 spiro atoms. The standard InChI is InChI=1S/C14H10ClFO2/c1-18-13-7-4-10(8-12(13)16)14(17)9-2-5-11(15)6-3-9/h2-8H,1H3. The van der Waals surface area contributed by atoms with E-state index in [4.69, 9.17) is 16.3 Å². The molecule has 0 N–H and O–H groups in total. The van der Waals surface area contributed by atoms with E-state index in [0.29, 0.717) is 10.6 Å². The van der Waals surface area contributed by atoms with Crippen molar-refractivity contribution < 1.29 is 13.9 Å². The molecule has 2 rings (SSSR count). The lowest BCUT2D eigenvalue weighted by Gasteiger charge is -2.05. The summed E-state index contributed by atoms with van der Waals surface area (Å²) in [5.74, 6) is -0.701. The van der Waals surface area contributed by atoms with Crippen LogP contribution in [0, 0.1) is 5.82 Å².